The summed E-state index contributed by atoms with van der Waals surface area (Å²) in [5, 5.41) is 0. The molecule has 0 radical (unpaired) electrons. The van der Waals surface area contributed by atoms with E-state index in [1.54, 1.807) is 4.57 Å². The molecule has 0 amide bonds. The molecule has 152 valence electrons. The third-order valence-electron chi connectivity index (χ3n) is 5.16. The number of aryl methyl sites for hydroxylation is 1. The fraction of sp³-hybridized carbons (Fsp3) is 0.478. The maximum absolute atomic E-state index is 12.5. The summed E-state index contributed by atoms with van der Waals surface area (Å²) in [6.45, 7) is 4.76. The van der Waals surface area contributed by atoms with Crippen LogP contribution >= 0.6 is 0 Å². The van der Waals surface area contributed by atoms with E-state index in [9.17, 15) is 4.79 Å². The summed E-state index contributed by atoms with van der Waals surface area (Å²) in [6.07, 6.45) is 3.87. The standard InChI is InChI=1S/C23H26N2O4/c1-2-3-4-5-6-17-7-8-20-18(13-17)9-10-25-21(20)14-22(24-23(25)26)29-16-19-15-27-11-12-28-19/h7-8,13-14,19H,2-4,9-12,15-16H2,1H3. The van der Waals surface area contributed by atoms with Gasteiger partial charge >= 0.3 is 5.69 Å². The van der Waals surface area contributed by atoms with Gasteiger partial charge in [-0.25, -0.2) is 4.79 Å². The summed E-state index contributed by atoms with van der Waals surface area (Å²) < 4.78 is 18.4. The second kappa shape index (κ2) is 9.25. The average Bonchev–Trinajstić information content (AvgIpc) is 2.76. The van der Waals surface area contributed by atoms with Crippen molar-refractivity contribution in [3.05, 3.63) is 45.9 Å². The van der Waals surface area contributed by atoms with Gasteiger partial charge in [-0.3, -0.25) is 4.57 Å². The summed E-state index contributed by atoms with van der Waals surface area (Å²) in [5.41, 5.74) is 3.82. The van der Waals surface area contributed by atoms with Gasteiger partial charge in [0.05, 0.1) is 25.5 Å². The van der Waals surface area contributed by atoms with E-state index in [0.717, 1.165) is 42.5 Å². The van der Waals surface area contributed by atoms with Gasteiger partial charge in [-0.1, -0.05) is 31.3 Å². The molecule has 1 aromatic heterocycles. The van der Waals surface area contributed by atoms with E-state index in [1.165, 1.54) is 5.56 Å². The van der Waals surface area contributed by atoms with Gasteiger partial charge in [0.15, 0.2) is 0 Å². The van der Waals surface area contributed by atoms with Crippen LogP contribution in [0.5, 0.6) is 5.88 Å². The predicted molar refractivity (Wildman–Crippen MR) is 110 cm³/mol. The summed E-state index contributed by atoms with van der Waals surface area (Å²) in [5.74, 6) is 6.81. The minimum atomic E-state index is -0.285. The summed E-state index contributed by atoms with van der Waals surface area (Å²) in [6, 6.07) is 8.05. The van der Waals surface area contributed by atoms with Crippen LogP contribution in [0.1, 0.15) is 37.3 Å². The van der Waals surface area contributed by atoms with Crippen LogP contribution in [0.2, 0.25) is 0 Å². The van der Waals surface area contributed by atoms with E-state index in [4.69, 9.17) is 14.2 Å². The fourth-order valence-corrected chi connectivity index (χ4v) is 3.60. The number of hydrogen-bond acceptors (Lipinski definition) is 5. The van der Waals surface area contributed by atoms with Crippen LogP contribution in [0.25, 0.3) is 11.3 Å². The molecule has 6 nitrogen and oxygen atoms in total. The minimum absolute atomic E-state index is 0.134. The lowest BCUT2D eigenvalue weighted by Gasteiger charge is -2.24. The highest BCUT2D eigenvalue weighted by atomic mass is 16.6. The highest BCUT2D eigenvalue weighted by molar-refractivity contribution is 5.67. The average molecular weight is 394 g/mol. The minimum Gasteiger partial charge on any atom is -0.475 e. The van der Waals surface area contributed by atoms with Crippen molar-refractivity contribution < 1.29 is 14.2 Å². The lowest BCUT2D eigenvalue weighted by Crippen LogP contribution is -2.34. The third-order valence-corrected chi connectivity index (χ3v) is 5.16. The molecule has 0 saturated carbocycles. The number of nitrogens with zero attached hydrogens (tertiary/aromatic N) is 2. The van der Waals surface area contributed by atoms with E-state index >= 15 is 0 Å². The number of ether oxygens (including phenoxy) is 3. The number of unbranched alkanes of at least 4 members (excludes halogenated alkanes) is 2. The first kappa shape index (κ1) is 19.7. The maximum atomic E-state index is 12.5. The molecule has 1 unspecified atom stereocenters. The molecule has 3 heterocycles. The SMILES string of the molecule is CCCCC#Cc1ccc2c(c1)CCn1c-2cc(OCC2COCCO2)nc1=O. The van der Waals surface area contributed by atoms with Gasteiger partial charge in [0, 0.05) is 30.2 Å². The van der Waals surface area contributed by atoms with E-state index < -0.39 is 0 Å². The van der Waals surface area contributed by atoms with Crippen molar-refractivity contribution in [3.8, 4) is 29.0 Å². The Balaban J connectivity index is 1.55. The number of hydrogen-bond donors (Lipinski definition) is 0. The molecular weight excluding hydrogens is 368 g/mol. The maximum Gasteiger partial charge on any atom is 0.351 e. The van der Waals surface area contributed by atoms with Crippen molar-refractivity contribution in [3.63, 3.8) is 0 Å². The molecule has 2 aliphatic heterocycles. The van der Waals surface area contributed by atoms with Gasteiger partial charge in [0.25, 0.3) is 0 Å². The zero-order chi connectivity index (χ0) is 20.1. The van der Waals surface area contributed by atoms with E-state index in [-0.39, 0.29) is 11.8 Å². The molecule has 1 atom stereocenters. The zero-order valence-electron chi connectivity index (χ0n) is 16.8. The van der Waals surface area contributed by atoms with E-state index in [1.807, 2.05) is 18.2 Å². The first-order valence-electron chi connectivity index (χ1n) is 10.3. The van der Waals surface area contributed by atoms with Gasteiger partial charge in [-0.2, -0.15) is 4.98 Å². The largest absolute Gasteiger partial charge is 0.475 e. The molecule has 0 spiro atoms. The van der Waals surface area contributed by atoms with Crippen LogP contribution in [-0.4, -0.2) is 42.1 Å². The molecule has 0 N–H and O–H groups in total. The smallest absolute Gasteiger partial charge is 0.351 e. The lowest BCUT2D eigenvalue weighted by molar-refractivity contribution is -0.102. The fourth-order valence-electron chi connectivity index (χ4n) is 3.60. The van der Waals surface area contributed by atoms with Crippen LogP contribution in [0, 0.1) is 11.8 Å². The molecule has 6 heteroatoms. The Hall–Kier alpha value is -2.62. The second-order valence-electron chi connectivity index (χ2n) is 7.32. The quantitative estimate of drug-likeness (QED) is 0.576. The van der Waals surface area contributed by atoms with Crippen LogP contribution < -0.4 is 10.4 Å². The molecule has 29 heavy (non-hydrogen) atoms. The molecule has 4 rings (SSSR count). The van der Waals surface area contributed by atoms with E-state index in [2.05, 4.69) is 29.8 Å². The van der Waals surface area contributed by atoms with Gasteiger partial charge in [-0.15, -0.1) is 0 Å². The monoisotopic (exact) mass is 394 g/mol. The number of rotatable bonds is 5. The van der Waals surface area contributed by atoms with Crippen molar-refractivity contribution in [1.29, 1.82) is 0 Å². The van der Waals surface area contributed by atoms with Crippen molar-refractivity contribution in [2.75, 3.05) is 26.4 Å². The molecule has 0 aliphatic carbocycles. The molecule has 2 aromatic rings. The Morgan fingerprint density at radius 2 is 2.24 bits per heavy atom. The lowest BCUT2D eigenvalue weighted by atomic mass is 9.95. The summed E-state index contributed by atoms with van der Waals surface area (Å²) in [7, 11) is 0. The Kier molecular flexibility index (Phi) is 6.28. The molecule has 2 aliphatic rings. The van der Waals surface area contributed by atoms with Crippen molar-refractivity contribution in [2.24, 2.45) is 0 Å². The number of fused-ring (bicyclic) bond motifs is 3. The first-order valence-corrected chi connectivity index (χ1v) is 10.3. The number of benzene rings is 1. The Labute approximate surface area is 170 Å². The molecule has 0 bridgehead atoms. The van der Waals surface area contributed by atoms with Crippen LogP contribution in [0.3, 0.4) is 0 Å². The Morgan fingerprint density at radius 3 is 3.07 bits per heavy atom. The highest BCUT2D eigenvalue weighted by Crippen LogP contribution is 2.30. The predicted octanol–water partition coefficient (Wildman–Crippen LogP) is 2.80. The highest BCUT2D eigenvalue weighted by Gasteiger charge is 2.20. The normalized spacial score (nSPS) is 17.6. The molecule has 1 saturated heterocycles. The molecule has 1 fully saturated rings. The van der Waals surface area contributed by atoms with E-state index in [0.29, 0.717) is 38.9 Å². The Morgan fingerprint density at radius 1 is 1.31 bits per heavy atom. The van der Waals surface area contributed by atoms with Gasteiger partial charge in [0.2, 0.25) is 5.88 Å². The topological polar surface area (TPSA) is 62.6 Å². The van der Waals surface area contributed by atoms with Crippen LogP contribution in [0.15, 0.2) is 29.1 Å². The van der Waals surface area contributed by atoms with Crippen LogP contribution in [0.4, 0.5) is 0 Å². The second-order valence-corrected chi connectivity index (χ2v) is 7.32. The van der Waals surface area contributed by atoms with Crippen molar-refractivity contribution in [1.82, 2.24) is 9.55 Å². The summed E-state index contributed by atoms with van der Waals surface area (Å²) >= 11 is 0. The third kappa shape index (κ3) is 4.69. The Bertz CT molecular complexity index is 981. The van der Waals surface area contributed by atoms with Gasteiger partial charge < -0.3 is 14.2 Å². The van der Waals surface area contributed by atoms with Gasteiger partial charge in [-0.05, 0) is 30.5 Å². The molecular formula is C23H26N2O4. The first-order chi connectivity index (χ1) is 14.2. The van der Waals surface area contributed by atoms with Gasteiger partial charge in [0.1, 0.15) is 12.7 Å². The van der Waals surface area contributed by atoms with Crippen LogP contribution in [-0.2, 0) is 22.4 Å². The molecule has 1 aromatic carbocycles. The summed E-state index contributed by atoms with van der Waals surface area (Å²) in [4.78, 5) is 16.6. The van der Waals surface area contributed by atoms with Crippen molar-refractivity contribution >= 4 is 0 Å². The zero-order valence-corrected chi connectivity index (χ0v) is 16.8. The van der Waals surface area contributed by atoms with Crippen molar-refractivity contribution in [2.45, 2.75) is 45.3 Å². The number of aromatic nitrogens is 2.